The lowest BCUT2D eigenvalue weighted by molar-refractivity contribution is -0.137. The second-order valence-electron chi connectivity index (χ2n) is 4.30. The highest BCUT2D eigenvalue weighted by Gasteiger charge is 2.31. The van der Waals surface area contributed by atoms with Crippen LogP contribution in [0.15, 0.2) is 22.7 Å². The van der Waals surface area contributed by atoms with E-state index in [2.05, 4.69) is 26.6 Å². The number of anilines is 1. The molecule has 0 aromatic heterocycles. The van der Waals surface area contributed by atoms with E-state index < -0.39 is 23.7 Å². The zero-order chi connectivity index (χ0) is 14.8. The van der Waals surface area contributed by atoms with E-state index in [0.29, 0.717) is 13.2 Å². The molecule has 1 aliphatic rings. The smallest absolute Gasteiger partial charge is 0.378 e. The van der Waals surface area contributed by atoms with Crippen molar-refractivity contribution in [2.75, 3.05) is 25.1 Å². The zero-order valence-electron chi connectivity index (χ0n) is 10.7. The molecule has 2 rings (SSSR count). The lowest BCUT2D eigenvalue weighted by atomic mass is 10.2. The molecule has 0 bridgehead atoms. The van der Waals surface area contributed by atoms with Gasteiger partial charge in [0.15, 0.2) is 0 Å². The van der Waals surface area contributed by atoms with Gasteiger partial charge in [-0.3, -0.25) is 4.79 Å². The van der Waals surface area contributed by atoms with Gasteiger partial charge in [0, 0.05) is 16.7 Å². The summed E-state index contributed by atoms with van der Waals surface area (Å²) < 4.78 is 43.4. The van der Waals surface area contributed by atoms with E-state index in [1.165, 1.54) is 6.07 Å². The van der Waals surface area contributed by atoms with Crippen LogP contribution in [0.5, 0.6) is 0 Å². The summed E-state index contributed by atoms with van der Waals surface area (Å²) in [6, 6.07) is 2.71. The molecule has 2 N–H and O–H groups in total. The van der Waals surface area contributed by atoms with Crippen LogP contribution >= 0.6 is 28.3 Å². The number of amides is 1. The van der Waals surface area contributed by atoms with E-state index in [1.807, 2.05) is 0 Å². The van der Waals surface area contributed by atoms with Crippen LogP contribution < -0.4 is 10.6 Å². The van der Waals surface area contributed by atoms with E-state index in [9.17, 15) is 18.0 Å². The molecule has 0 spiro atoms. The Bertz CT molecular complexity index is 508. The van der Waals surface area contributed by atoms with Crippen molar-refractivity contribution in [1.29, 1.82) is 0 Å². The van der Waals surface area contributed by atoms with Gasteiger partial charge in [-0.15, -0.1) is 12.4 Å². The summed E-state index contributed by atoms with van der Waals surface area (Å²) in [4.78, 5) is 11.9. The van der Waals surface area contributed by atoms with E-state index in [-0.39, 0.29) is 29.2 Å². The number of morpholine rings is 1. The van der Waals surface area contributed by atoms with Crippen molar-refractivity contribution in [2.24, 2.45) is 0 Å². The fourth-order valence-corrected chi connectivity index (χ4v) is 2.28. The SMILES string of the molecule is Cl.O=C(Nc1cc(Br)cc(C(F)(F)F)c1)C1COCCN1. The van der Waals surface area contributed by atoms with Gasteiger partial charge in [0.05, 0.1) is 18.8 Å². The standard InChI is InChI=1S/C12H12BrF3N2O2.ClH/c13-8-3-7(12(14,15)16)4-9(5-8)18-11(19)10-6-20-2-1-17-10;/h3-5,10,17H,1-2,6H2,(H,18,19);1H. The van der Waals surface area contributed by atoms with Gasteiger partial charge >= 0.3 is 6.18 Å². The predicted molar refractivity (Wildman–Crippen MR) is 77.6 cm³/mol. The lowest BCUT2D eigenvalue weighted by Crippen LogP contribution is -2.48. The molecule has 1 unspecified atom stereocenters. The van der Waals surface area contributed by atoms with Crippen molar-refractivity contribution in [2.45, 2.75) is 12.2 Å². The molecule has 4 nitrogen and oxygen atoms in total. The number of benzene rings is 1. The molecule has 0 saturated carbocycles. The average molecular weight is 390 g/mol. The molecule has 1 amide bonds. The summed E-state index contributed by atoms with van der Waals surface area (Å²) in [6.45, 7) is 1.25. The van der Waals surface area contributed by atoms with Crippen LogP contribution in [-0.2, 0) is 15.7 Å². The van der Waals surface area contributed by atoms with Gasteiger partial charge in [-0.05, 0) is 18.2 Å². The molecule has 1 aromatic rings. The summed E-state index contributed by atoms with van der Waals surface area (Å²) in [7, 11) is 0. The molecule has 1 aliphatic heterocycles. The van der Waals surface area contributed by atoms with Gasteiger partial charge in [-0.1, -0.05) is 15.9 Å². The largest absolute Gasteiger partial charge is 0.416 e. The van der Waals surface area contributed by atoms with E-state index in [0.717, 1.165) is 12.1 Å². The highest BCUT2D eigenvalue weighted by Crippen LogP contribution is 2.33. The molecule has 118 valence electrons. The van der Waals surface area contributed by atoms with Crippen molar-refractivity contribution in [3.8, 4) is 0 Å². The van der Waals surface area contributed by atoms with E-state index in [4.69, 9.17) is 4.74 Å². The third-order valence-corrected chi connectivity index (χ3v) is 3.19. The molecular weight excluding hydrogens is 376 g/mol. The summed E-state index contributed by atoms with van der Waals surface area (Å²) in [5, 5.41) is 5.38. The van der Waals surface area contributed by atoms with Crippen molar-refractivity contribution >= 4 is 39.9 Å². The highest BCUT2D eigenvalue weighted by molar-refractivity contribution is 9.10. The van der Waals surface area contributed by atoms with Crippen molar-refractivity contribution in [3.63, 3.8) is 0 Å². The molecule has 0 radical (unpaired) electrons. The number of carbonyl (C=O) groups is 1. The number of rotatable bonds is 2. The van der Waals surface area contributed by atoms with Crippen molar-refractivity contribution in [1.82, 2.24) is 5.32 Å². The second-order valence-corrected chi connectivity index (χ2v) is 5.21. The Morgan fingerprint density at radius 3 is 2.67 bits per heavy atom. The van der Waals surface area contributed by atoms with Gasteiger partial charge in [0.25, 0.3) is 0 Å². The number of ether oxygens (including phenoxy) is 1. The van der Waals surface area contributed by atoms with Crippen LogP contribution in [0.25, 0.3) is 0 Å². The number of carbonyl (C=O) groups excluding carboxylic acids is 1. The first-order valence-electron chi connectivity index (χ1n) is 5.86. The first-order valence-corrected chi connectivity index (χ1v) is 6.65. The molecule has 1 saturated heterocycles. The molecule has 1 aromatic carbocycles. The van der Waals surface area contributed by atoms with Gasteiger partial charge in [0.1, 0.15) is 6.04 Å². The Kier molecular flexibility index (Phi) is 6.45. The van der Waals surface area contributed by atoms with Crippen LogP contribution in [0.4, 0.5) is 18.9 Å². The number of nitrogens with one attached hydrogen (secondary N) is 2. The number of hydrogen-bond donors (Lipinski definition) is 2. The Hall–Kier alpha value is -0.830. The fourth-order valence-electron chi connectivity index (χ4n) is 1.79. The zero-order valence-corrected chi connectivity index (χ0v) is 13.1. The summed E-state index contributed by atoms with van der Waals surface area (Å²) in [5.41, 5.74) is -0.737. The van der Waals surface area contributed by atoms with Crippen LogP contribution in [-0.4, -0.2) is 31.7 Å². The van der Waals surface area contributed by atoms with Gasteiger partial charge in [-0.25, -0.2) is 0 Å². The van der Waals surface area contributed by atoms with Gasteiger partial charge < -0.3 is 15.4 Å². The summed E-state index contributed by atoms with van der Waals surface area (Å²) in [6.07, 6.45) is -4.46. The van der Waals surface area contributed by atoms with Crippen LogP contribution in [0.2, 0.25) is 0 Å². The van der Waals surface area contributed by atoms with Crippen molar-refractivity contribution in [3.05, 3.63) is 28.2 Å². The van der Waals surface area contributed by atoms with Crippen LogP contribution in [0.3, 0.4) is 0 Å². The number of halogens is 5. The maximum atomic E-state index is 12.7. The molecule has 21 heavy (non-hydrogen) atoms. The first-order chi connectivity index (χ1) is 9.36. The predicted octanol–water partition coefficient (Wildman–Crippen LogP) is 2.82. The Morgan fingerprint density at radius 1 is 1.38 bits per heavy atom. The Balaban J connectivity index is 0.00000220. The maximum absolute atomic E-state index is 12.7. The lowest BCUT2D eigenvalue weighted by Gasteiger charge is -2.23. The van der Waals surface area contributed by atoms with Crippen LogP contribution in [0, 0.1) is 0 Å². The molecule has 1 fully saturated rings. The van der Waals surface area contributed by atoms with Crippen LogP contribution in [0.1, 0.15) is 5.56 Å². The highest BCUT2D eigenvalue weighted by atomic mass is 79.9. The third kappa shape index (κ3) is 5.14. The normalized spacial score (nSPS) is 18.8. The van der Waals surface area contributed by atoms with E-state index in [1.54, 1.807) is 0 Å². The Morgan fingerprint density at radius 2 is 2.10 bits per heavy atom. The topological polar surface area (TPSA) is 50.4 Å². The molecule has 9 heteroatoms. The molecule has 1 heterocycles. The quantitative estimate of drug-likeness (QED) is 0.818. The van der Waals surface area contributed by atoms with E-state index >= 15 is 0 Å². The van der Waals surface area contributed by atoms with Gasteiger partial charge in [-0.2, -0.15) is 13.2 Å². The Labute approximate surface area is 134 Å². The second kappa shape index (κ2) is 7.44. The molecular formula is C12H13BrClF3N2O2. The fraction of sp³-hybridized carbons (Fsp3) is 0.417. The first kappa shape index (κ1) is 18.2. The summed E-state index contributed by atoms with van der Waals surface area (Å²) in [5.74, 6) is -0.420. The monoisotopic (exact) mass is 388 g/mol. The van der Waals surface area contributed by atoms with Gasteiger partial charge in [0.2, 0.25) is 5.91 Å². The number of alkyl halides is 3. The summed E-state index contributed by atoms with van der Waals surface area (Å²) >= 11 is 3.00. The molecule has 0 aliphatic carbocycles. The number of hydrogen-bond acceptors (Lipinski definition) is 3. The van der Waals surface area contributed by atoms with Crippen molar-refractivity contribution < 1.29 is 22.7 Å². The maximum Gasteiger partial charge on any atom is 0.416 e. The third-order valence-electron chi connectivity index (χ3n) is 2.73. The molecule has 1 atom stereocenters. The minimum atomic E-state index is -4.46. The minimum absolute atomic E-state index is 0. The average Bonchev–Trinajstić information content (AvgIpc) is 2.38. The minimum Gasteiger partial charge on any atom is -0.378 e.